The fourth-order valence-electron chi connectivity index (χ4n) is 4.78. The van der Waals surface area contributed by atoms with Crippen LogP contribution in [-0.4, -0.2) is 23.6 Å². The van der Waals surface area contributed by atoms with Crippen molar-refractivity contribution in [3.8, 4) is 5.69 Å². The molecule has 36 heavy (non-hydrogen) atoms. The molecule has 1 aromatic heterocycles. The standard InChI is InChI=1S/C30H31ClN2O3/c1-17(2)22-9-12-25(13-10-22)33-21(6)28(30(35)36-7)26(29(33)34)15-23-14-19(4)32(20(23)5)27-16-24(31)11-8-18(27)3/h8-17H,1-7H3/b26-15-. The van der Waals surface area contributed by atoms with E-state index < -0.39 is 5.97 Å². The third kappa shape index (κ3) is 4.40. The van der Waals surface area contributed by atoms with E-state index in [1.807, 2.05) is 69.3 Å². The van der Waals surface area contributed by atoms with Gasteiger partial charge in [-0.3, -0.25) is 9.69 Å². The number of allylic oxidation sites excluding steroid dienone is 1. The normalized spacial score (nSPS) is 15.0. The first-order valence-electron chi connectivity index (χ1n) is 12.0. The molecule has 0 atom stereocenters. The number of nitrogens with zero attached hydrogens (tertiary/aromatic N) is 2. The number of halogens is 1. The third-order valence-corrected chi connectivity index (χ3v) is 7.02. The number of benzene rings is 2. The highest BCUT2D eigenvalue weighted by atomic mass is 35.5. The lowest BCUT2D eigenvalue weighted by Crippen LogP contribution is -2.24. The predicted molar refractivity (Wildman–Crippen MR) is 146 cm³/mol. The molecule has 1 aliphatic rings. The molecular formula is C30H31ClN2O3. The molecule has 0 radical (unpaired) electrons. The van der Waals surface area contributed by atoms with Crippen molar-refractivity contribution in [2.75, 3.05) is 12.0 Å². The summed E-state index contributed by atoms with van der Waals surface area (Å²) in [6.07, 6.45) is 1.79. The van der Waals surface area contributed by atoms with E-state index in [4.69, 9.17) is 16.3 Å². The molecule has 0 aliphatic carbocycles. The molecule has 5 nitrogen and oxygen atoms in total. The summed E-state index contributed by atoms with van der Waals surface area (Å²) in [7, 11) is 1.33. The van der Waals surface area contributed by atoms with Crippen LogP contribution in [0.5, 0.6) is 0 Å². The molecular weight excluding hydrogens is 472 g/mol. The number of methoxy groups -OCH3 is 1. The molecule has 2 aromatic carbocycles. The van der Waals surface area contributed by atoms with Crippen LogP contribution in [0.4, 0.5) is 5.69 Å². The van der Waals surface area contributed by atoms with Gasteiger partial charge in [-0.25, -0.2) is 4.79 Å². The van der Waals surface area contributed by atoms with Gasteiger partial charge < -0.3 is 9.30 Å². The maximum Gasteiger partial charge on any atom is 0.340 e. The van der Waals surface area contributed by atoms with Crippen molar-refractivity contribution in [1.82, 2.24) is 4.57 Å². The van der Waals surface area contributed by atoms with Gasteiger partial charge in [-0.1, -0.05) is 43.6 Å². The lowest BCUT2D eigenvalue weighted by Gasteiger charge is -2.19. The Labute approximate surface area is 217 Å². The molecule has 0 spiro atoms. The van der Waals surface area contributed by atoms with Crippen molar-refractivity contribution in [1.29, 1.82) is 0 Å². The van der Waals surface area contributed by atoms with Crippen molar-refractivity contribution in [2.45, 2.75) is 47.5 Å². The number of rotatable bonds is 5. The Hall–Kier alpha value is -3.57. The van der Waals surface area contributed by atoms with E-state index in [1.54, 1.807) is 17.9 Å². The molecule has 0 N–H and O–H groups in total. The Bertz CT molecular complexity index is 1430. The summed E-state index contributed by atoms with van der Waals surface area (Å²) in [5.74, 6) is -0.411. The van der Waals surface area contributed by atoms with Crippen LogP contribution in [0.25, 0.3) is 11.8 Å². The maximum absolute atomic E-state index is 13.7. The number of hydrogen-bond donors (Lipinski definition) is 0. The molecule has 186 valence electrons. The summed E-state index contributed by atoms with van der Waals surface area (Å²) in [5, 5.41) is 0.652. The molecule has 0 saturated carbocycles. The van der Waals surface area contributed by atoms with Crippen LogP contribution < -0.4 is 4.90 Å². The Morgan fingerprint density at radius 3 is 2.28 bits per heavy atom. The van der Waals surface area contributed by atoms with Crippen molar-refractivity contribution < 1.29 is 14.3 Å². The highest BCUT2D eigenvalue weighted by Gasteiger charge is 2.38. The second kappa shape index (κ2) is 9.82. The van der Waals surface area contributed by atoms with Crippen LogP contribution in [0.1, 0.15) is 54.8 Å². The summed E-state index contributed by atoms with van der Waals surface area (Å²) in [5.41, 5.74) is 7.89. The molecule has 1 amide bonds. The lowest BCUT2D eigenvalue weighted by molar-refractivity contribution is -0.136. The maximum atomic E-state index is 13.7. The lowest BCUT2D eigenvalue weighted by atomic mass is 10.0. The molecule has 3 aromatic rings. The highest BCUT2D eigenvalue weighted by Crippen LogP contribution is 2.37. The van der Waals surface area contributed by atoms with Crippen LogP contribution in [0.3, 0.4) is 0 Å². The van der Waals surface area contributed by atoms with Gasteiger partial charge in [-0.2, -0.15) is 0 Å². The van der Waals surface area contributed by atoms with Crippen LogP contribution in [0, 0.1) is 20.8 Å². The Kier molecular flexibility index (Phi) is 6.96. The first-order valence-corrected chi connectivity index (χ1v) is 12.3. The largest absolute Gasteiger partial charge is 0.465 e. The van der Waals surface area contributed by atoms with E-state index in [-0.39, 0.29) is 11.5 Å². The molecule has 1 aliphatic heterocycles. The monoisotopic (exact) mass is 502 g/mol. The molecule has 6 heteroatoms. The first kappa shape index (κ1) is 25.5. The van der Waals surface area contributed by atoms with Gasteiger partial charge in [-0.05, 0) is 86.7 Å². The van der Waals surface area contributed by atoms with Crippen molar-refractivity contribution >= 4 is 35.2 Å². The van der Waals surface area contributed by atoms with E-state index in [2.05, 4.69) is 18.4 Å². The van der Waals surface area contributed by atoms with E-state index in [9.17, 15) is 9.59 Å². The second-order valence-electron chi connectivity index (χ2n) is 9.49. The minimum absolute atomic E-state index is 0.256. The van der Waals surface area contributed by atoms with E-state index in [1.165, 1.54) is 12.7 Å². The number of esters is 1. The first-order chi connectivity index (χ1) is 17.0. The Morgan fingerprint density at radius 2 is 1.67 bits per heavy atom. The third-order valence-electron chi connectivity index (χ3n) is 6.79. The number of ether oxygens (including phenoxy) is 1. The Morgan fingerprint density at radius 1 is 1.00 bits per heavy atom. The number of aromatic nitrogens is 1. The number of anilines is 1. The van der Waals surface area contributed by atoms with Crippen molar-refractivity contribution in [3.63, 3.8) is 0 Å². The quantitative estimate of drug-likeness (QED) is 0.277. The summed E-state index contributed by atoms with van der Waals surface area (Å²) in [6.45, 7) is 12.1. The predicted octanol–water partition coefficient (Wildman–Crippen LogP) is 7.06. The summed E-state index contributed by atoms with van der Waals surface area (Å²) >= 11 is 6.29. The van der Waals surface area contributed by atoms with Crippen LogP contribution in [0.15, 0.2) is 65.4 Å². The summed E-state index contributed by atoms with van der Waals surface area (Å²) < 4.78 is 7.19. The molecule has 2 heterocycles. The van der Waals surface area contributed by atoms with Crippen LogP contribution >= 0.6 is 11.6 Å². The average molecular weight is 503 g/mol. The zero-order valence-corrected chi connectivity index (χ0v) is 22.5. The van der Waals surface area contributed by atoms with Crippen molar-refractivity contribution in [3.05, 3.63) is 98.5 Å². The van der Waals surface area contributed by atoms with Gasteiger partial charge in [0.05, 0.1) is 18.3 Å². The van der Waals surface area contributed by atoms with E-state index >= 15 is 0 Å². The highest BCUT2D eigenvalue weighted by molar-refractivity contribution is 6.30. The van der Waals surface area contributed by atoms with Crippen LogP contribution in [0.2, 0.25) is 5.02 Å². The molecule has 0 bridgehead atoms. The average Bonchev–Trinajstić information content (AvgIpc) is 3.26. The van der Waals surface area contributed by atoms with E-state index in [0.29, 0.717) is 27.9 Å². The van der Waals surface area contributed by atoms with Crippen LogP contribution in [-0.2, 0) is 14.3 Å². The minimum atomic E-state index is -0.534. The topological polar surface area (TPSA) is 51.5 Å². The van der Waals surface area contributed by atoms with Gasteiger partial charge in [-0.15, -0.1) is 0 Å². The van der Waals surface area contributed by atoms with Gasteiger partial charge in [0.25, 0.3) is 5.91 Å². The van der Waals surface area contributed by atoms with Crippen molar-refractivity contribution in [2.24, 2.45) is 0 Å². The zero-order chi connectivity index (χ0) is 26.3. The Balaban J connectivity index is 1.84. The number of amides is 1. The van der Waals surface area contributed by atoms with Gasteiger partial charge in [0.15, 0.2) is 0 Å². The number of aryl methyl sites for hydroxylation is 2. The van der Waals surface area contributed by atoms with E-state index in [0.717, 1.165) is 28.2 Å². The SMILES string of the molecule is COC(=O)C1=C(C)N(c2ccc(C(C)C)cc2)C(=O)/C1=C\c1cc(C)n(-c2cc(Cl)ccc2C)c1C. The summed E-state index contributed by atoms with van der Waals surface area (Å²) in [4.78, 5) is 28.1. The number of hydrogen-bond acceptors (Lipinski definition) is 3. The minimum Gasteiger partial charge on any atom is -0.465 e. The number of carbonyl (C=O) groups excluding carboxylic acids is 2. The molecule has 0 saturated heterocycles. The van der Waals surface area contributed by atoms with Gasteiger partial charge >= 0.3 is 5.97 Å². The summed E-state index contributed by atoms with van der Waals surface area (Å²) in [6, 6.07) is 15.7. The van der Waals surface area contributed by atoms with Gasteiger partial charge in [0, 0.05) is 33.5 Å². The fraction of sp³-hybridized carbons (Fsp3) is 0.267. The molecule has 4 rings (SSSR count). The van der Waals surface area contributed by atoms with Gasteiger partial charge in [0.1, 0.15) is 0 Å². The fourth-order valence-corrected chi connectivity index (χ4v) is 4.95. The smallest absolute Gasteiger partial charge is 0.340 e. The molecule has 0 unspecified atom stereocenters. The van der Waals surface area contributed by atoms with Gasteiger partial charge in [0.2, 0.25) is 0 Å². The zero-order valence-electron chi connectivity index (χ0n) is 21.8. The molecule has 0 fully saturated rings. The second-order valence-corrected chi connectivity index (χ2v) is 9.93. The number of carbonyl (C=O) groups is 2.